The Morgan fingerprint density at radius 1 is 1.39 bits per heavy atom. The lowest BCUT2D eigenvalue weighted by Crippen LogP contribution is -2.17. The molecule has 0 aliphatic heterocycles. The molecule has 0 aliphatic rings. The Morgan fingerprint density at radius 2 is 2.17 bits per heavy atom. The van der Waals surface area contributed by atoms with Gasteiger partial charge in [-0.2, -0.15) is 18.0 Å². The van der Waals surface area contributed by atoms with Gasteiger partial charge in [-0.05, 0) is 25.5 Å². The summed E-state index contributed by atoms with van der Waals surface area (Å²) in [4.78, 5) is 4.94. The summed E-state index contributed by atoms with van der Waals surface area (Å²) in [7, 11) is -2.28. The van der Waals surface area contributed by atoms with Crippen molar-refractivity contribution in [3.05, 3.63) is 35.0 Å². The fourth-order valence-electron chi connectivity index (χ4n) is 2.26. The number of ether oxygens (including phenoxy) is 1. The lowest BCUT2D eigenvalue weighted by Gasteiger charge is -2.09. The summed E-state index contributed by atoms with van der Waals surface area (Å²) < 4.78 is 34.7. The van der Waals surface area contributed by atoms with E-state index in [0.717, 1.165) is 5.01 Å². The molecular formula is C14H16N4O3S2. The minimum Gasteiger partial charge on any atom is -0.497 e. The van der Waals surface area contributed by atoms with Gasteiger partial charge >= 0.3 is 0 Å². The van der Waals surface area contributed by atoms with E-state index in [0.29, 0.717) is 28.5 Å². The number of rotatable bonds is 5. The number of aromatic nitrogens is 3. The van der Waals surface area contributed by atoms with Gasteiger partial charge in [-0.3, -0.25) is 4.72 Å². The van der Waals surface area contributed by atoms with Crippen molar-refractivity contribution in [1.29, 1.82) is 0 Å². The quantitative estimate of drug-likeness (QED) is 0.762. The van der Waals surface area contributed by atoms with Gasteiger partial charge in [-0.1, -0.05) is 24.3 Å². The van der Waals surface area contributed by atoms with Crippen LogP contribution in [-0.2, 0) is 16.4 Å². The smallest absolute Gasteiger partial charge is 0.281 e. The second-order valence-corrected chi connectivity index (χ2v) is 7.63. The van der Waals surface area contributed by atoms with E-state index in [9.17, 15) is 8.42 Å². The van der Waals surface area contributed by atoms with Gasteiger partial charge < -0.3 is 4.74 Å². The molecular weight excluding hydrogens is 336 g/mol. The van der Waals surface area contributed by atoms with E-state index >= 15 is 0 Å². The Kier molecular flexibility index (Phi) is 3.99. The molecule has 0 aliphatic carbocycles. The molecule has 7 nitrogen and oxygen atoms in total. The normalized spacial score (nSPS) is 11.8. The molecule has 0 saturated heterocycles. The molecule has 122 valence electrons. The average molecular weight is 352 g/mol. The number of anilines is 1. The van der Waals surface area contributed by atoms with Crippen molar-refractivity contribution in [3.63, 3.8) is 0 Å². The number of hydrogen-bond donors (Lipinski definition) is 1. The SMILES string of the molecule is CCc1nc2sc(C)nn2c1S(=O)(=O)Nc1cccc(OC)c1. The van der Waals surface area contributed by atoms with Gasteiger partial charge in [0.2, 0.25) is 9.99 Å². The monoisotopic (exact) mass is 352 g/mol. The predicted octanol–water partition coefficient (Wildman–Crippen LogP) is 2.47. The lowest BCUT2D eigenvalue weighted by molar-refractivity contribution is 0.415. The number of methoxy groups -OCH3 is 1. The average Bonchev–Trinajstić information content (AvgIpc) is 3.02. The van der Waals surface area contributed by atoms with E-state index in [-0.39, 0.29) is 5.03 Å². The second kappa shape index (κ2) is 5.82. The molecule has 0 fully saturated rings. The third-order valence-corrected chi connectivity index (χ3v) is 5.49. The van der Waals surface area contributed by atoms with E-state index in [4.69, 9.17) is 4.74 Å². The number of fused-ring (bicyclic) bond motifs is 1. The predicted molar refractivity (Wildman–Crippen MR) is 88.8 cm³/mol. The topological polar surface area (TPSA) is 85.6 Å². The molecule has 1 aromatic carbocycles. The Hall–Kier alpha value is -2.13. The molecule has 0 amide bonds. The van der Waals surface area contributed by atoms with Crippen molar-refractivity contribution in [1.82, 2.24) is 14.6 Å². The highest BCUT2D eigenvalue weighted by Gasteiger charge is 2.26. The van der Waals surface area contributed by atoms with E-state index in [2.05, 4.69) is 14.8 Å². The molecule has 0 unspecified atom stereocenters. The van der Waals surface area contributed by atoms with Crippen molar-refractivity contribution in [2.45, 2.75) is 25.3 Å². The van der Waals surface area contributed by atoms with Crippen LogP contribution in [0.4, 0.5) is 5.69 Å². The van der Waals surface area contributed by atoms with Crippen molar-refractivity contribution in [3.8, 4) is 5.75 Å². The molecule has 1 N–H and O–H groups in total. The molecule has 0 spiro atoms. The lowest BCUT2D eigenvalue weighted by atomic mass is 10.3. The first-order valence-corrected chi connectivity index (χ1v) is 9.26. The first-order chi connectivity index (χ1) is 10.9. The summed E-state index contributed by atoms with van der Waals surface area (Å²) in [6, 6.07) is 6.75. The Labute approximate surface area is 138 Å². The number of nitrogens with zero attached hydrogens (tertiary/aromatic N) is 3. The van der Waals surface area contributed by atoms with Gasteiger partial charge in [0.1, 0.15) is 10.8 Å². The third kappa shape index (κ3) is 2.89. The van der Waals surface area contributed by atoms with Crippen LogP contribution in [0.3, 0.4) is 0 Å². The van der Waals surface area contributed by atoms with E-state index in [1.165, 1.54) is 23.0 Å². The van der Waals surface area contributed by atoms with Gasteiger partial charge in [0.15, 0.2) is 0 Å². The minimum atomic E-state index is -3.81. The number of sulfonamides is 1. The van der Waals surface area contributed by atoms with Crippen LogP contribution < -0.4 is 9.46 Å². The zero-order valence-electron chi connectivity index (χ0n) is 12.9. The zero-order valence-corrected chi connectivity index (χ0v) is 14.5. The van der Waals surface area contributed by atoms with Crippen molar-refractivity contribution in [2.75, 3.05) is 11.8 Å². The van der Waals surface area contributed by atoms with Crippen molar-refractivity contribution >= 4 is 32.0 Å². The molecule has 0 bridgehead atoms. The summed E-state index contributed by atoms with van der Waals surface area (Å²) in [5.41, 5.74) is 0.924. The van der Waals surface area contributed by atoms with Crippen LogP contribution in [0.2, 0.25) is 0 Å². The van der Waals surface area contributed by atoms with E-state index in [1.54, 1.807) is 24.3 Å². The van der Waals surface area contributed by atoms with Crippen LogP contribution in [0.25, 0.3) is 4.96 Å². The zero-order chi connectivity index (χ0) is 16.6. The molecule has 2 aromatic heterocycles. The number of hydrogen-bond acceptors (Lipinski definition) is 6. The number of nitrogens with one attached hydrogen (secondary N) is 1. The van der Waals surface area contributed by atoms with Gasteiger partial charge in [-0.25, -0.2) is 4.98 Å². The van der Waals surface area contributed by atoms with E-state index in [1.807, 2.05) is 13.8 Å². The van der Waals surface area contributed by atoms with Crippen LogP contribution in [0.1, 0.15) is 17.6 Å². The molecule has 3 rings (SSSR count). The van der Waals surface area contributed by atoms with E-state index < -0.39 is 10.0 Å². The number of imidazole rings is 1. The van der Waals surface area contributed by atoms with Crippen LogP contribution in [0, 0.1) is 6.92 Å². The van der Waals surface area contributed by atoms with Gasteiger partial charge in [0.25, 0.3) is 10.0 Å². The molecule has 9 heteroatoms. The highest BCUT2D eigenvalue weighted by Crippen LogP contribution is 2.25. The van der Waals surface area contributed by atoms with Crippen molar-refractivity contribution in [2.24, 2.45) is 0 Å². The Balaban J connectivity index is 2.08. The Morgan fingerprint density at radius 3 is 2.87 bits per heavy atom. The minimum absolute atomic E-state index is 0.0853. The summed E-state index contributed by atoms with van der Waals surface area (Å²) in [5.74, 6) is 0.573. The van der Waals surface area contributed by atoms with Crippen LogP contribution in [0.15, 0.2) is 29.3 Å². The largest absolute Gasteiger partial charge is 0.497 e. The molecule has 23 heavy (non-hydrogen) atoms. The fraction of sp³-hybridized carbons (Fsp3) is 0.286. The molecule has 2 heterocycles. The molecule has 3 aromatic rings. The second-order valence-electron chi connectivity index (χ2n) is 4.87. The number of benzene rings is 1. The van der Waals surface area contributed by atoms with Crippen LogP contribution in [-0.4, -0.2) is 30.1 Å². The summed E-state index contributed by atoms with van der Waals surface area (Å²) in [6.45, 7) is 3.68. The number of aryl methyl sites for hydroxylation is 2. The standard InChI is InChI=1S/C14H16N4O3S2/c1-4-12-13(18-14(15-12)22-9(2)16-18)23(19,20)17-10-6-5-7-11(8-10)21-3/h5-8,17H,4H2,1-3H3. The van der Waals surface area contributed by atoms with Crippen LogP contribution >= 0.6 is 11.3 Å². The van der Waals surface area contributed by atoms with Gasteiger partial charge in [-0.15, -0.1) is 0 Å². The summed E-state index contributed by atoms with van der Waals surface area (Å²) in [6.07, 6.45) is 0.503. The molecule has 0 saturated carbocycles. The van der Waals surface area contributed by atoms with Crippen LogP contribution in [0.5, 0.6) is 5.75 Å². The molecule has 0 atom stereocenters. The highest BCUT2D eigenvalue weighted by molar-refractivity contribution is 7.92. The maximum atomic E-state index is 12.8. The first kappa shape index (κ1) is 15.8. The summed E-state index contributed by atoms with van der Waals surface area (Å²) >= 11 is 1.36. The highest BCUT2D eigenvalue weighted by atomic mass is 32.2. The maximum Gasteiger partial charge on any atom is 0.281 e. The van der Waals surface area contributed by atoms with Gasteiger partial charge in [0.05, 0.1) is 18.5 Å². The summed E-state index contributed by atoms with van der Waals surface area (Å²) in [5, 5.41) is 5.09. The first-order valence-electron chi connectivity index (χ1n) is 6.96. The maximum absolute atomic E-state index is 12.8. The fourth-order valence-corrected chi connectivity index (χ4v) is 4.46. The van der Waals surface area contributed by atoms with Crippen molar-refractivity contribution < 1.29 is 13.2 Å². The molecule has 0 radical (unpaired) electrons. The third-order valence-electron chi connectivity index (χ3n) is 3.24. The van der Waals surface area contributed by atoms with Gasteiger partial charge in [0, 0.05) is 6.07 Å². The Bertz CT molecular complexity index is 960.